The lowest BCUT2D eigenvalue weighted by Gasteiger charge is -2.24. The van der Waals surface area contributed by atoms with Crippen LogP contribution in [0.25, 0.3) is 0 Å². The number of fused-ring (bicyclic) bond motifs is 2. The van der Waals surface area contributed by atoms with Gasteiger partial charge in [-0.2, -0.15) is 4.98 Å². The van der Waals surface area contributed by atoms with E-state index in [-0.39, 0.29) is 0 Å². The van der Waals surface area contributed by atoms with E-state index in [2.05, 4.69) is 20.4 Å². The van der Waals surface area contributed by atoms with Crippen molar-refractivity contribution in [3.05, 3.63) is 5.82 Å². The van der Waals surface area contributed by atoms with Crippen molar-refractivity contribution < 1.29 is 4.52 Å². The smallest absolute Gasteiger partial charge is 0.319 e. The fourth-order valence-corrected chi connectivity index (χ4v) is 2.20. The fourth-order valence-electron chi connectivity index (χ4n) is 2.20. The Morgan fingerprint density at radius 1 is 1.62 bits per heavy atom. The molecule has 1 aromatic heterocycles. The number of rotatable bonds is 1. The maximum atomic E-state index is 5.14. The van der Waals surface area contributed by atoms with Crippen LogP contribution in [0.1, 0.15) is 12.2 Å². The summed E-state index contributed by atoms with van der Waals surface area (Å²) in [7, 11) is 0. The summed E-state index contributed by atoms with van der Waals surface area (Å²) in [5.74, 6) is 0.714. The highest BCUT2D eigenvalue weighted by Gasteiger charge is 2.39. The van der Waals surface area contributed by atoms with Crippen molar-refractivity contribution in [2.24, 2.45) is 0 Å². The van der Waals surface area contributed by atoms with Crippen LogP contribution < -0.4 is 10.2 Å². The van der Waals surface area contributed by atoms with Crippen LogP contribution in [0.4, 0.5) is 6.01 Å². The highest BCUT2D eigenvalue weighted by atomic mass is 16.5. The first-order chi connectivity index (χ1) is 6.33. The van der Waals surface area contributed by atoms with E-state index in [9.17, 15) is 0 Å². The Balaban J connectivity index is 1.87. The molecule has 3 rings (SSSR count). The van der Waals surface area contributed by atoms with Gasteiger partial charge in [-0.3, -0.25) is 0 Å². The SMILES string of the molecule is Cc1noc(N2CC3C[C@H]2CN3)n1. The number of nitrogens with zero attached hydrogens (tertiary/aromatic N) is 3. The molecule has 2 aliphatic rings. The van der Waals surface area contributed by atoms with Crippen molar-refractivity contribution >= 4 is 6.01 Å². The zero-order valence-electron chi connectivity index (χ0n) is 7.53. The summed E-state index contributed by atoms with van der Waals surface area (Å²) >= 11 is 0. The van der Waals surface area contributed by atoms with Crippen LogP contribution in [0, 0.1) is 6.92 Å². The zero-order valence-corrected chi connectivity index (χ0v) is 7.53. The van der Waals surface area contributed by atoms with Gasteiger partial charge < -0.3 is 14.7 Å². The first kappa shape index (κ1) is 7.32. The van der Waals surface area contributed by atoms with E-state index in [0.29, 0.717) is 23.9 Å². The molecule has 1 N–H and O–H groups in total. The molecule has 0 spiro atoms. The average molecular weight is 180 g/mol. The van der Waals surface area contributed by atoms with E-state index in [1.165, 1.54) is 6.42 Å². The number of hydrogen-bond donors (Lipinski definition) is 1. The molecule has 13 heavy (non-hydrogen) atoms. The molecule has 5 nitrogen and oxygen atoms in total. The topological polar surface area (TPSA) is 54.2 Å². The second kappa shape index (κ2) is 2.45. The summed E-state index contributed by atoms with van der Waals surface area (Å²) in [6.45, 7) is 3.90. The van der Waals surface area contributed by atoms with Crippen molar-refractivity contribution in [2.75, 3.05) is 18.0 Å². The third-order valence-corrected chi connectivity index (χ3v) is 2.82. The summed E-state index contributed by atoms with van der Waals surface area (Å²) in [6.07, 6.45) is 1.21. The lowest BCUT2D eigenvalue weighted by molar-refractivity contribution is 0.399. The van der Waals surface area contributed by atoms with Gasteiger partial charge in [0.1, 0.15) is 0 Å². The van der Waals surface area contributed by atoms with Gasteiger partial charge in [-0.05, 0) is 13.3 Å². The minimum absolute atomic E-state index is 0.560. The monoisotopic (exact) mass is 180 g/mol. The van der Waals surface area contributed by atoms with E-state index in [4.69, 9.17) is 4.52 Å². The van der Waals surface area contributed by atoms with Crippen LogP contribution in [0.5, 0.6) is 0 Å². The minimum atomic E-state index is 0.560. The molecule has 2 atom stereocenters. The van der Waals surface area contributed by atoms with E-state index in [1.807, 2.05) is 6.92 Å². The second-order valence-electron chi connectivity index (χ2n) is 3.77. The molecule has 3 heterocycles. The zero-order chi connectivity index (χ0) is 8.84. The Hall–Kier alpha value is -1.10. The number of anilines is 1. The van der Waals surface area contributed by atoms with Crippen molar-refractivity contribution in [3.63, 3.8) is 0 Å². The van der Waals surface area contributed by atoms with Crippen molar-refractivity contribution in [2.45, 2.75) is 25.4 Å². The van der Waals surface area contributed by atoms with E-state index in [0.717, 1.165) is 13.1 Å². The summed E-state index contributed by atoms with van der Waals surface area (Å²) < 4.78 is 5.14. The molecular weight excluding hydrogens is 168 g/mol. The fraction of sp³-hybridized carbons (Fsp3) is 0.750. The van der Waals surface area contributed by atoms with E-state index < -0.39 is 0 Å². The summed E-state index contributed by atoms with van der Waals surface area (Å²) in [5, 5.41) is 7.23. The third kappa shape index (κ3) is 1.03. The molecule has 1 aromatic rings. The Kier molecular flexibility index (Phi) is 1.38. The van der Waals surface area contributed by atoms with Crippen LogP contribution in [0.2, 0.25) is 0 Å². The van der Waals surface area contributed by atoms with Crippen molar-refractivity contribution in [1.82, 2.24) is 15.5 Å². The number of hydrogen-bond acceptors (Lipinski definition) is 5. The summed E-state index contributed by atoms with van der Waals surface area (Å²) in [5.41, 5.74) is 0. The van der Waals surface area contributed by atoms with Gasteiger partial charge in [0, 0.05) is 25.2 Å². The summed E-state index contributed by atoms with van der Waals surface area (Å²) in [6, 6.07) is 1.87. The molecule has 2 fully saturated rings. The van der Waals surface area contributed by atoms with Gasteiger partial charge in [-0.15, -0.1) is 0 Å². The number of piperazine rings is 1. The van der Waals surface area contributed by atoms with Gasteiger partial charge in [-0.1, -0.05) is 5.16 Å². The maximum Gasteiger partial charge on any atom is 0.324 e. The van der Waals surface area contributed by atoms with Gasteiger partial charge in [0.25, 0.3) is 0 Å². The maximum absolute atomic E-state index is 5.14. The van der Waals surface area contributed by atoms with Crippen LogP contribution in [0.3, 0.4) is 0 Å². The van der Waals surface area contributed by atoms with Gasteiger partial charge in [0.15, 0.2) is 5.82 Å². The Labute approximate surface area is 76.1 Å². The average Bonchev–Trinajstić information content (AvgIpc) is 2.77. The molecule has 0 aromatic carbocycles. The molecule has 5 heteroatoms. The highest BCUT2D eigenvalue weighted by molar-refractivity contribution is 5.33. The largest absolute Gasteiger partial charge is 0.324 e. The molecular formula is C8H12N4O. The van der Waals surface area contributed by atoms with Gasteiger partial charge >= 0.3 is 6.01 Å². The Morgan fingerprint density at radius 3 is 3.08 bits per heavy atom. The standard InChI is InChI=1S/C8H12N4O/c1-5-10-8(13-11-5)12-4-6-2-7(12)3-9-6/h6-7,9H,2-4H2,1H3/t6?,7-/m0/s1. The molecule has 0 saturated carbocycles. The molecule has 0 aliphatic carbocycles. The lowest BCUT2D eigenvalue weighted by atomic mass is 10.2. The molecule has 2 bridgehead atoms. The van der Waals surface area contributed by atoms with Crippen molar-refractivity contribution in [1.29, 1.82) is 0 Å². The predicted molar refractivity (Wildman–Crippen MR) is 46.6 cm³/mol. The molecule has 0 radical (unpaired) electrons. The number of aryl methyl sites for hydroxylation is 1. The number of aromatic nitrogens is 2. The minimum Gasteiger partial charge on any atom is -0.319 e. The van der Waals surface area contributed by atoms with Crippen LogP contribution in [-0.4, -0.2) is 35.3 Å². The Bertz CT molecular complexity index is 324. The van der Waals surface area contributed by atoms with Crippen LogP contribution in [0.15, 0.2) is 4.52 Å². The van der Waals surface area contributed by atoms with Crippen molar-refractivity contribution in [3.8, 4) is 0 Å². The Morgan fingerprint density at radius 2 is 2.54 bits per heavy atom. The number of nitrogens with one attached hydrogen (secondary N) is 1. The highest BCUT2D eigenvalue weighted by Crippen LogP contribution is 2.27. The van der Waals surface area contributed by atoms with Crippen LogP contribution in [-0.2, 0) is 0 Å². The van der Waals surface area contributed by atoms with Gasteiger partial charge in [0.2, 0.25) is 0 Å². The second-order valence-corrected chi connectivity index (χ2v) is 3.77. The van der Waals surface area contributed by atoms with E-state index in [1.54, 1.807) is 0 Å². The van der Waals surface area contributed by atoms with Crippen LogP contribution >= 0.6 is 0 Å². The summed E-state index contributed by atoms with van der Waals surface area (Å²) in [4.78, 5) is 6.44. The first-order valence-corrected chi connectivity index (χ1v) is 4.63. The molecule has 2 aliphatic heterocycles. The quantitative estimate of drug-likeness (QED) is 0.655. The first-order valence-electron chi connectivity index (χ1n) is 4.63. The molecule has 0 amide bonds. The molecule has 1 unspecified atom stereocenters. The van der Waals surface area contributed by atoms with E-state index >= 15 is 0 Å². The van der Waals surface area contributed by atoms with Gasteiger partial charge in [-0.25, -0.2) is 0 Å². The third-order valence-electron chi connectivity index (χ3n) is 2.82. The van der Waals surface area contributed by atoms with Gasteiger partial charge in [0.05, 0.1) is 0 Å². The predicted octanol–water partition coefficient (Wildman–Crippen LogP) is -0.0715. The molecule has 70 valence electrons. The normalized spacial score (nSPS) is 31.6. The molecule has 2 saturated heterocycles. The lowest BCUT2D eigenvalue weighted by Crippen LogP contribution is -2.43.